The van der Waals surface area contributed by atoms with Crippen molar-refractivity contribution >= 4 is 5.78 Å². The quantitative estimate of drug-likeness (QED) is 0.715. The number of likely N-dealkylation sites (N-methyl/N-ethyl adjacent to an activating group) is 1. The first-order valence-corrected chi connectivity index (χ1v) is 3.85. The molecule has 1 rings (SSSR count). The average molecular weight is 180 g/mol. The number of aryl methyl sites for hydroxylation is 1. The van der Waals surface area contributed by atoms with Crippen molar-refractivity contribution in [3.05, 3.63) is 29.6 Å². The molecule has 0 atom stereocenters. The summed E-state index contributed by atoms with van der Waals surface area (Å²) in [6.07, 6.45) is 0. The highest BCUT2D eigenvalue weighted by molar-refractivity contribution is 5.95. The number of nitrogens with zero attached hydrogens (tertiary/aromatic N) is 1. The highest BCUT2D eigenvalue weighted by atomic mass is 16.1. The average Bonchev–Trinajstić information content (AvgIpc) is 2.05. The molecule has 0 radical (unpaired) electrons. The van der Waals surface area contributed by atoms with Gasteiger partial charge in [-0.2, -0.15) is 0 Å². The largest absolute Gasteiger partial charge is 0.313 e. The third-order valence-corrected chi connectivity index (χ3v) is 1.51. The topological polar surface area (TPSA) is 42.0 Å². The number of ketones is 1. The molecule has 1 N–H and O–H groups in total. The van der Waals surface area contributed by atoms with Gasteiger partial charge in [0.15, 0.2) is 5.78 Å². The Balaban J connectivity index is 0.00000144. The van der Waals surface area contributed by atoms with E-state index in [1.165, 1.54) is 0 Å². The molecule has 3 heteroatoms. The molecule has 0 unspecified atom stereocenters. The molecule has 1 aromatic rings. The van der Waals surface area contributed by atoms with Gasteiger partial charge >= 0.3 is 0 Å². The summed E-state index contributed by atoms with van der Waals surface area (Å²) in [5, 5.41) is 2.80. The lowest BCUT2D eigenvalue weighted by Crippen LogP contribution is -2.19. The van der Waals surface area contributed by atoms with Crippen LogP contribution in [0.4, 0.5) is 0 Å². The van der Waals surface area contributed by atoms with Crippen molar-refractivity contribution in [3.8, 4) is 0 Å². The molecule has 0 amide bonds. The molecule has 0 bridgehead atoms. The molecule has 0 saturated carbocycles. The Bertz CT molecular complexity index is 284. The summed E-state index contributed by atoms with van der Waals surface area (Å²) in [6, 6.07) is 5.44. The van der Waals surface area contributed by atoms with Gasteiger partial charge in [0.25, 0.3) is 0 Å². The lowest BCUT2D eigenvalue weighted by molar-refractivity contribution is 0.0988. The van der Waals surface area contributed by atoms with E-state index in [9.17, 15) is 4.79 Å². The van der Waals surface area contributed by atoms with E-state index in [-0.39, 0.29) is 13.2 Å². The summed E-state index contributed by atoms with van der Waals surface area (Å²) < 4.78 is 0. The summed E-state index contributed by atoms with van der Waals surface area (Å²) in [4.78, 5) is 15.4. The zero-order valence-electron chi connectivity index (χ0n) is 7.29. The smallest absolute Gasteiger partial charge is 0.194 e. The number of hydrogen-bond acceptors (Lipinski definition) is 3. The van der Waals surface area contributed by atoms with Gasteiger partial charge in [0, 0.05) is 5.69 Å². The van der Waals surface area contributed by atoms with Crippen molar-refractivity contribution in [1.29, 1.82) is 0 Å². The molecule has 1 aromatic heterocycles. The van der Waals surface area contributed by atoms with Gasteiger partial charge in [-0.15, -0.1) is 0 Å². The van der Waals surface area contributed by atoms with Crippen LogP contribution < -0.4 is 5.32 Å². The second-order valence-corrected chi connectivity index (χ2v) is 2.62. The summed E-state index contributed by atoms with van der Waals surface area (Å²) in [5.74, 6) is 0.0289. The van der Waals surface area contributed by atoms with Crippen molar-refractivity contribution in [2.24, 2.45) is 0 Å². The minimum absolute atomic E-state index is 0. The fraction of sp³-hybridized carbons (Fsp3) is 0.400. The maximum atomic E-state index is 11.3. The minimum Gasteiger partial charge on any atom is -0.313 e. The zero-order valence-corrected chi connectivity index (χ0v) is 7.29. The van der Waals surface area contributed by atoms with Gasteiger partial charge in [-0.1, -0.05) is 13.5 Å². The van der Waals surface area contributed by atoms with Crippen molar-refractivity contribution in [1.82, 2.24) is 10.3 Å². The maximum Gasteiger partial charge on any atom is 0.194 e. The Kier molecular flexibility index (Phi) is 4.92. The summed E-state index contributed by atoms with van der Waals surface area (Å²) in [5.41, 5.74) is 1.40. The Labute approximate surface area is 79.2 Å². The molecule has 3 nitrogen and oxygen atoms in total. The Morgan fingerprint density at radius 1 is 1.54 bits per heavy atom. The van der Waals surface area contributed by atoms with Gasteiger partial charge in [0.1, 0.15) is 5.69 Å². The lowest BCUT2D eigenvalue weighted by atomic mass is 10.2. The molecule has 0 aliphatic carbocycles. The molecule has 0 aromatic carbocycles. The third kappa shape index (κ3) is 3.34. The van der Waals surface area contributed by atoms with Gasteiger partial charge in [-0.3, -0.25) is 4.79 Å². The maximum absolute atomic E-state index is 11.3. The second kappa shape index (κ2) is 5.43. The standard InChI is InChI=1S/C9H12N2O.CH4/c1-7-4-3-5-8(11-7)9(12)6-10-2;/h3-5,10H,6H2,1-2H3;1H4. The first kappa shape index (κ1) is 11.8. The van der Waals surface area contributed by atoms with E-state index >= 15 is 0 Å². The van der Waals surface area contributed by atoms with Crippen molar-refractivity contribution in [2.45, 2.75) is 14.4 Å². The van der Waals surface area contributed by atoms with Gasteiger partial charge in [-0.25, -0.2) is 4.98 Å². The van der Waals surface area contributed by atoms with E-state index in [1.54, 1.807) is 13.1 Å². The van der Waals surface area contributed by atoms with Gasteiger partial charge in [0.05, 0.1) is 6.54 Å². The number of hydrogen-bond donors (Lipinski definition) is 1. The minimum atomic E-state index is 0. The van der Waals surface area contributed by atoms with Crippen LogP contribution in [0.2, 0.25) is 0 Å². The fourth-order valence-electron chi connectivity index (χ4n) is 0.949. The number of nitrogens with one attached hydrogen (secondary N) is 1. The summed E-state index contributed by atoms with van der Waals surface area (Å²) >= 11 is 0. The SMILES string of the molecule is C.CNCC(=O)c1cccc(C)n1. The molecule has 13 heavy (non-hydrogen) atoms. The van der Waals surface area contributed by atoms with E-state index in [1.807, 2.05) is 19.1 Å². The number of Topliss-reactive ketones (excluding diaryl/α,β-unsaturated/α-hetero) is 1. The molecular formula is C10H16N2O. The van der Waals surface area contributed by atoms with Gasteiger partial charge < -0.3 is 5.32 Å². The predicted octanol–water partition coefficient (Wildman–Crippen LogP) is 1.43. The van der Waals surface area contributed by atoms with Gasteiger partial charge in [-0.05, 0) is 26.1 Å². The van der Waals surface area contributed by atoms with Crippen LogP contribution in [0.3, 0.4) is 0 Å². The van der Waals surface area contributed by atoms with E-state index < -0.39 is 0 Å². The Hall–Kier alpha value is -1.22. The molecule has 72 valence electrons. The van der Waals surface area contributed by atoms with Crippen molar-refractivity contribution < 1.29 is 4.79 Å². The van der Waals surface area contributed by atoms with Crippen LogP contribution in [-0.4, -0.2) is 24.4 Å². The Morgan fingerprint density at radius 2 is 2.23 bits per heavy atom. The molecule has 0 fully saturated rings. The number of rotatable bonds is 3. The highest BCUT2D eigenvalue weighted by Crippen LogP contribution is 1.98. The lowest BCUT2D eigenvalue weighted by Gasteiger charge is -1.99. The number of carbonyl (C=O) groups excluding carboxylic acids is 1. The first-order valence-electron chi connectivity index (χ1n) is 3.85. The van der Waals surface area contributed by atoms with E-state index in [0.29, 0.717) is 12.2 Å². The van der Waals surface area contributed by atoms with Crippen LogP contribution in [0.25, 0.3) is 0 Å². The van der Waals surface area contributed by atoms with Crippen LogP contribution in [0.5, 0.6) is 0 Å². The number of pyridine rings is 1. The van der Waals surface area contributed by atoms with Crippen LogP contribution in [-0.2, 0) is 0 Å². The summed E-state index contributed by atoms with van der Waals surface area (Å²) in [6.45, 7) is 2.21. The van der Waals surface area contributed by atoms with Crippen LogP contribution in [0.15, 0.2) is 18.2 Å². The van der Waals surface area contributed by atoms with Crippen LogP contribution >= 0.6 is 0 Å². The summed E-state index contributed by atoms with van der Waals surface area (Å²) in [7, 11) is 1.74. The molecule has 0 spiro atoms. The molecule has 0 saturated heterocycles. The number of carbonyl (C=O) groups is 1. The third-order valence-electron chi connectivity index (χ3n) is 1.51. The predicted molar refractivity (Wildman–Crippen MR) is 54.0 cm³/mol. The van der Waals surface area contributed by atoms with E-state index in [4.69, 9.17) is 0 Å². The van der Waals surface area contributed by atoms with E-state index in [2.05, 4.69) is 10.3 Å². The molecule has 0 aliphatic heterocycles. The zero-order chi connectivity index (χ0) is 8.97. The molecule has 0 aliphatic rings. The van der Waals surface area contributed by atoms with Crippen LogP contribution in [0, 0.1) is 6.92 Å². The fourth-order valence-corrected chi connectivity index (χ4v) is 0.949. The normalized spacial score (nSPS) is 9.08. The second-order valence-electron chi connectivity index (χ2n) is 2.62. The molecule has 1 heterocycles. The highest BCUT2D eigenvalue weighted by Gasteiger charge is 2.04. The van der Waals surface area contributed by atoms with Gasteiger partial charge in [0.2, 0.25) is 0 Å². The number of aromatic nitrogens is 1. The van der Waals surface area contributed by atoms with E-state index in [0.717, 1.165) is 5.69 Å². The monoisotopic (exact) mass is 180 g/mol. The molecular weight excluding hydrogens is 164 g/mol. The van der Waals surface area contributed by atoms with Crippen LogP contribution in [0.1, 0.15) is 23.6 Å². The van der Waals surface area contributed by atoms with Crippen molar-refractivity contribution in [3.63, 3.8) is 0 Å². The Morgan fingerprint density at radius 3 is 2.77 bits per heavy atom. The first-order chi connectivity index (χ1) is 5.74. The van der Waals surface area contributed by atoms with Crippen molar-refractivity contribution in [2.75, 3.05) is 13.6 Å².